The van der Waals surface area contributed by atoms with Gasteiger partial charge in [0.15, 0.2) is 0 Å². The largest absolute Gasteiger partial charge is 0.314 e. The molecule has 2 N–H and O–H groups in total. The van der Waals surface area contributed by atoms with Crippen LogP contribution in [0.4, 0.5) is 0 Å². The quantitative estimate of drug-likeness (QED) is 0.819. The number of rotatable bonds is 3. The fourth-order valence-corrected chi connectivity index (χ4v) is 4.97. The van der Waals surface area contributed by atoms with Crippen molar-refractivity contribution in [2.75, 3.05) is 6.54 Å². The van der Waals surface area contributed by atoms with Crippen molar-refractivity contribution >= 4 is 0 Å². The van der Waals surface area contributed by atoms with E-state index in [-0.39, 0.29) is 0 Å². The van der Waals surface area contributed by atoms with Crippen LogP contribution in [-0.4, -0.2) is 24.7 Å². The third-order valence-electron chi connectivity index (χ3n) is 6.10. The zero-order valence-corrected chi connectivity index (χ0v) is 13.6. The first-order chi connectivity index (χ1) is 9.64. The molecule has 0 aromatic heterocycles. The lowest BCUT2D eigenvalue weighted by molar-refractivity contribution is 0.170. The van der Waals surface area contributed by atoms with Crippen LogP contribution < -0.4 is 10.6 Å². The molecule has 1 heterocycles. The lowest BCUT2D eigenvalue weighted by atomic mass is 9.77. The van der Waals surface area contributed by atoms with E-state index in [4.69, 9.17) is 0 Å². The van der Waals surface area contributed by atoms with Gasteiger partial charge in [-0.3, -0.25) is 0 Å². The van der Waals surface area contributed by atoms with E-state index in [2.05, 4.69) is 24.5 Å². The number of hydrogen-bond donors (Lipinski definition) is 2. The molecule has 20 heavy (non-hydrogen) atoms. The van der Waals surface area contributed by atoms with Gasteiger partial charge in [-0.05, 0) is 62.8 Å². The predicted molar refractivity (Wildman–Crippen MR) is 85.9 cm³/mol. The first-order valence-electron chi connectivity index (χ1n) is 9.13. The van der Waals surface area contributed by atoms with Crippen molar-refractivity contribution in [3.8, 4) is 0 Å². The normalized spacial score (nSPS) is 41.7. The SMILES string of the molecule is CC1(C)CCC(NC2CCCCC2C2CCCCN2)C1. The van der Waals surface area contributed by atoms with E-state index in [1.807, 2.05) is 0 Å². The Morgan fingerprint density at radius 1 is 0.950 bits per heavy atom. The second-order valence-corrected chi connectivity index (χ2v) is 8.38. The summed E-state index contributed by atoms with van der Waals surface area (Å²) in [7, 11) is 0. The van der Waals surface area contributed by atoms with Gasteiger partial charge >= 0.3 is 0 Å². The topological polar surface area (TPSA) is 24.1 Å². The van der Waals surface area contributed by atoms with Crippen LogP contribution >= 0.6 is 0 Å². The van der Waals surface area contributed by atoms with Crippen molar-refractivity contribution in [3.05, 3.63) is 0 Å². The maximum atomic E-state index is 4.08. The second kappa shape index (κ2) is 6.36. The Hall–Kier alpha value is -0.0800. The van der Waals surface area contributed by atoms with E-state index in [9.17, 15) is 0 Å². The van der Waals surface area contributed by atoms with Crippen LogP contribution in [0.3, 0.4) is 0 Å². The van der Waals surface area contributed by atoms with Gasteiger partial charge in [0.2, 0.25) is 0 Å². The Bertz CT molecular complexity index is 307. The maximum Gasteiger partial charge on any atom is 0.0113 e. The second-order valence-electron chi connectivity index (χ2n) is 8.38. The molecule has 4 unspecified atom stereocenters. The van der Waals surface area contributed by atoms with Crippen LogP contribution in [0, 0.1) is 11.3 Å². The zero-order valence-electron chi connectivity index (χ0n) is 13.6. The average molecular weight is 278 g/mol. The van der Waals surface area contributed by atoms with Gasteiger partial charge in [0.1, 0.15) is 0 Å². The highest BCUT2D eigenvalue weighted by Gasteiger charge is 2.36. The number of nitrogens with one attached hydrogen (secondary N) is 2. The Balaban J connectivity index is 1.57. The lowest BCUT2D eigenvalue weighted by Crippen LogP contribution is -2.52. The Morgan fingerprint density at radius 3 is 2.45 bits per heavy atom. The molecule has 2 saturated carbocycles. The lowest BCUT2D eigenvalue weighted by Gasteiger charge is -2.41. The monoisotopic (exact) mass is 278 g/mol. The summed E-state index contributed by atoms with van der Waals surface area (Å²) in [5.41, 5.74) is 0.574. The molecule has 1 saturated heterocycles. The van der Waals surface area contributed by atoms with E-state index in [0.29, 0.717) is 5.41 Å². The highest BCUT2D eigenvalue weighted by Crippen LogP contribution is 2.38. The molecule has 0 aromatic rings. The van der Waals surface area contributed by atoms with Crippen LogP contribution in [0.5, 0.6) is 0 Å². The standard InChI is InChI=1S/C18H34N2/c1-18(2)11-10-14(13-18)20-17-9-4-3-7-15(17)16-8-5-6-12-19-16/h14-17,19-20H,3-13H2,1-2H3. The summed E-state index contributed by atoms with van der Waals surface area (Å²) >= 11 is 0. The van der Waals surface area contributed by atoms with Crippen molar-refractivity contribution in [3.63, 3.8) is 0 Å². The molecule has 1 aliphatic heterocycles. The van der Waals surface area contributed by atoms with Crippen LogP contribution in [0.1, 0.15) is 78.1 Å². The van der Waals surface area contributed by atoms with Gasteiger partial charge in [-0.25, -0.2) is 0 Å². The third-order valence-corrected chi connectivity index (χ3v) is 6.10. The molecule has 0 spiro atoms. The van der Waals surface area contributed by atoms with E-state index in [1.54, 1.807) is 0 Å². The molecule has 2 aliphatic carbocycles. The van der Waals surface area contributed by atoms with Crippen LogP contribution in [0.2, 0.25) is 0 Å². The molecule has 116 valence electrons. The molecule has 3 aliphatic rings. The zero-order chi connectivity index (χ0) is 14.0. The highest BCUT2D eigenvalue weighted by atomic mass is 15.0. The Kier molecular flexibility index (Phi) is 4.72. The Morgan fingerprint density at radius 2 is 1.75 bits per heavy atom. The highest BCUT2D eigenvalue weighted by molar-refractivity contribution is 4.94. The fraction of sp³-hybridized carbons (Fsp3) is 1.00. The van der Waals surface area contributed by atoms with Crippen molar-refractivity contribution in [2.24, 2.45) is 11.3 Å². The molecular weight excluding hydrogens is 244 g/mol. The molecule has 2 nitrogen and oxygen atoms in total. The van der Waals surface area contributed by atoms with Crippen molar-refractivity contribution in [1.82, 2.24) is 10.6 Å². The van der Waals surface area contributed by atoms with Gasteiger partial charge in [0.05, 0.1) is 0 Å². The van der Waals surface area contributed by atoms with Gasteiger partial charge < -0.3 is 10.6 Å². The summed E-state index contributed by atoms with van der Waals surface area (Å²) in [5.74, 6) is 0.896. The molecule has 4 atom stereocenters. The van der Waals surface area contributed by atoms with E-state index < -0.39 is 0 Å². The number of piperidine rings is 1. The van der Waals surface area contributed by atoms with Crippen LogP contribution in [-0.2, 0) is 0 Å². The van der Waals surface area contributed by atoms with Gasteiger partial charge in [-0.1, -0.05) is 33.1 Å². The third kappa shape index (κ3) is 3.57. The van der Waals surface area contributed by atoms with Crippen LogP contribution in [0.15, 0.2) is 0 Å². The van der Waals surface area contributed by atoms with Gasteiger partial charge in [-0.2, -0.15) is 0 Å². The van der Waals surface area contributed by atoms with Gasteiger partial charge in [0.25, 0.3) is 0 Å². The molecule has 0 amide bonds. The molecular formula is C18H34N2. The van der Waals surface area contributed by atoms with Crippen molar-refractivity contribution in [1.29, 1.82) is 0 Å². The molecule has 2 heteroatoms. The summed E-state index contributed by atoms with van der Waals surface area (Å²) < 4.78 is 0. The molecule has 0 radical (unpaired) electrons. The summed E-state index contributed by atoms with van der Waals surface area (Å²) in [6.45, 7) is 6.13. The first kappa shape index (κ1) is 14.8. The fourth-order valence-electron chi connectivity index (χ4n) is 4.97. The average Bonchev–Trinajstić information content (AvgIpc) is 2.79. The number of hydrogen-bond acceptors (Lipinski definition) is 2. The summed E-state index contributed by atoms with van der Waals surface area (Å²) in [6, 6.07) is 2.38. The van der Waals surface area contributed by atoms with Crippen LogP contribution in [0.25, 0.3) is 0 Å². The minimum Gasteiger partial charge on any atom is -0.314 e. The Labute approximate surface area is 125 Å². The van der Waals surface area contributed by atoms with Crippen molar-refractivity contribution in [2.45, 2.75) is 96.2 Å². The maximum absolute atomic E-state index is 4.08. The molecule has 3 fully saturated rings. The summed E-state index contributed by atoms with van der Waals surface area (Å²) in [5, 5.41) is 7.90. The van der Waals surface area contributed by atoms with Gasteiger partial charge in [-0.15, -0.1) is 0 Å². The summed E-state index contributed by atoms with van der Waals surface area (Å²) in [4.78, 5) is 0. The van der Waals surface area contributed by atoms with Crippen molar-refractivity contribution < 1.29 is 0 Å². The first-order valence-corrected chi connectivity index (χ1v) is 9.13. The van der Waals surface area contributed by atoms with E-state index >= 15 is 0 Å². The van der Waals surface area contributed by atoms with E-state index in [0.717, 1.165) is 24.0 Å². The molecule has 0 bridgehead atoms. The predicted octanol–water partition coefficient (Wildman–Crippen LogP) is 3.86. The summed E-state index contributed by atoms with van der Waals surface area (Å²) in [6.07, 6.45) is 14.2. The van der Waals surface area contributed by atoms with E-state index in [1.165, 1.54) is 70.8 Å². The molecule has 3 rings (SSSR count). The minimum atomic E-state index is 0.574. The smallest absolute Gasteiger partial charge is 0.0113 e. The minimum absolute atomic E-state index is 0.574. The molecule has 0 aromatic carbocycles. The van der Waals surface area contributed by atoms with Gasteiger partial charge in [0, 0.05) is 18.1 Å².